The second-order valence-electron chi connectivity index (χ2n) is 6.49. The van der Waals surface area contributed by atoms with Crippen molar-refractivity contribution < 1.29 is 13.6 Å². The summed E-state index contributed by atoms with van der Waals surface area (Å²) >= 11 is -2.49. The Morgan fingerprint density at radius 2 is 1.75 bits per heavy atom. The van der Waals surface area contributed by atoms with Gasteiger partial charge in [-0.2, -0.15) is 0 Å². The molecule has 7 heteroatoms. The summed E-state index contributed by atoms with van der Waals surface area (Å²) in [5.74, 6) is -0.184. The fourth-order valence-corrected chi connectivity index (χ4v) is 3.51. The first kappa shape index (κ1) is 19.7. The third kappa shape index (κ3) is 4.44. The fourth-order valence-electron chi connectivity index (χ4n) is 2.86. The number of anilines is 3. The second kappa shape index (κ2) is 8.33. The number of aromatic nitrogens is 1. The molecule has 1 amide bonds. The third-order valence-electron chi connectivity index (χ3n) is 4.24. The van der Waals surface area contributed by atoms with Crippen LogP contribution >= 0.6 is 0 Å². The van der Waals surface area contributed by atoms with E-state index in [1.807, 2.05) is 38.1 Å². The lowest BCUT2D eigenvalue weighted by molar-refractivity contribution is -0.114. The number of rotatable bonds is 5. The van der Waals surface area contributed by atoms with Crippen LogP contribution in [0.3, 0.4) is 0 Å². The molecule has 1 N–H and O–H groups in total. The molecule has 0 saturated heterocycles. The molecular weight excluding hydrogens is 374 g/mol. The highest BCUT2D eigenvalue weighted by Gasteiger charge is 2.14. The molecule has 0 aliphatic heterocycles. The number of carbonyl (C=O) groups excluding carboxylic acids is 1. The molecule has 0 bridgehead atoms. The van der Waals surface area contributed by atoms with Crippen LogP contribution in [0.4, 0.5) is 17.1 Å². The van der Waals surface area contributed by atoms with Gasteiger partial charge in [-0.1, -0.05) is 29.8 Å². The fraction of sp³-hybridized carbons (Fsp3) is 0.143. The highest BCUT2D eigenvalue weighted by Crippen LogP contribution is 2.34. The first-order valence-electron chi connectivity index (χ1n) is 8.65. The molecule has 0 aliphatic carbocycles. The van der Waals surface area contributed by atoms with Crippen LogP contribution in [-0.4, -0.2) is 19.7 Å². The number of benzene rings is 2. The molecule has 0 spiro atoms. The lowest BCUT2D eigenvalue weighted by atomic mass is 10.0. The number of pyridine rings is 1. The van der Waals surface area contributed by atoms with Crippen LogP contribution < -0.4 is 9.62 Å². The molecule has 0 radical (unpaired) electrons. The molecule has 28 heavy (non-hydrogen) atoms. The quantitative estimate of drug-likeness (QED) is 0.655. The minimum Gasteiger partial charge on any atom is -0.755 e. The Labute approximate surface area is 166 Å². The van der Waals surface area contributed by atoms with Crippen LogP contribution in [0.2, 0.25) is 0 Å². The van der Waals surface area contributed by atoms with Crippen molar-refractivity contribution in [2.75, 3.05) is 9.62 Å². The van der Waals surface area contributed by atoms with Gasteiger partial charge in [0.1, 0.15) is 0 Å². The van der Waals surface area contributed by atoms with Crippen LogP contribution in [0.25, 0.3) is 11.1 Å². The summed E-state index contributed by atoms with van der Waals surface area (Å²) in [4.78, 5) is 15.5. The standard InChI is InChI=1S/C21H21N3O3S/c1-14-4-8-20(9-5-14)24(28(26)27)21-11-17(7-6-15(21)2)18-10-19(13-22-12-18)23-16(3)25/h4-13H,1-3H3,(H,23,25)(H,26,27)/p-1. The summed E-state index contributed by atoms with van der Waals surface area (Å²) in [5, 5.41) is 2.70. The Morgan fingerprint density at radius 3 is 2.39 bits per heavy atom. The van der Waals surface area contributed by atoms with Crippen molar-refractivity contribution in [1.29, 1.82) is 0 Å². The van der Waals surface area contributed by atoms with Gasteiger partial charge >= 0.3 is 0 Å². The molecule has 2 aromatic carbocycles. The average molecular weight is 394 g/mol. The van der Waals surface area contributed by atoms with Gasteiger partial charge in [0.2, 0.25) is 5.91 Å². The van der Waals surface area contributed by atoms with Crippen LogP contribution in [0.1, 0.15) is 18.1 Å². The van der Waals surface area contributed by atoms with Crippen LogP contribution in [-0.2, 0) is 16.1 Å². The Hall–Kier alpha value is -3.03. The highest BCUT2D eigenvalue weighted by atomic mass is 32.2. The zero-order valence-corrected chi connectivity index (χ0v) is 16.6. The zero-order valence-electron chi connectivity index (χ0n) is 15.8. The maximum Gasteiger partial charge on any atom is 0.221 e. The lowest BCUT2D eigenvalue weighted by Crippen LogP contribution is -2.20. The van der Waals surface area contributed by atoms with Gasteiger partial charge in [-0.15, -0.1) is 0 Å². The van der Waals surface area contributed by atoms with Gasteiger partial charge in [-0.25, -0.2) is 0 Å². The van der Waals surface area contributed by atoms with Gasteiger partial charge in [0.25, 0.3) is 0 Å². The maximum absolute atomic E-state index is 12.0. The normalized spacial score (nSPS) is 11.7. The molecule has 1 heterocycles. The van der Waals surface area contributed by atoms with E-state index in [1.165, 1.54) is 11.2 Å². The molecule has 0 fully saturated rings. The molecule has 3 rings (SSSR count). The zero-order chi connectivity index (χ0) is 20.3. The lowest BCUT2D eigenvalue weighted by Gasteiger charge is -2.28. The molecule has 0 saturated carbocycles. The average Bonchev–Trinajstić information content (AvgIpc) is 2.64. The summed E-state index contributed by atoms with van der Waals surface area (Å²) in [6.07, 6.45) is 3.23. The van der Waals surface area contributed by atoms with E-state index >= 15 is 0 Å². The Morgan fingerprint density at radius 1 is 1.04 bits per heavy atom. The van der Waals surface area contributed by atoms with Gasteiger partial charge in [0, 0.05) is 18.7 Å². The largest absolute Gasteiger partial charge is 0.755 e. The minimum atomic E-state index is -2.49. The maximum atomic E-state index is 12.0. The molecule has 6 nitrogen and oxygen atoms in total. The van der Waals surface area contributed by atoms with E-state index in [0.717, 1.165) is 22.3 Å². The smallest absolute Gasteiger partial charge is 0.221 e. The van der Waals surface area contributed by atoms with E-state index in [0.29, 0.717) is 17.1 Å². The second-order valence-corrected chi connectivity index (χ2v) is 7.29. The van der Waals surface area contributed by atoms with Gasteiger partial charge in [-0.05, 0) is 49.2 Å². The number of carbonyl (C=O) groups is 1. The van der Waals surface area contributed by atoms with Crippen molar-refractivity contribution in [2.45, 2.75) is 20.8 Å². The van der Waals surface area contributed by atoms with Crippen molar-refractivity contribution in [2.24, 2.45) is 0 Å². The summed E-state index contributed by atoms with van der Waals surface area (Å²) in [7, 11) is 0. The summed E-state index contributed by atoms with van der Waals surface area (Å²) in [6, 6.07) is 14.7. The van der Waals surface area contributed by atoms with Crippen molar-refractivity contribution >= 4 is 34.2 Å². The van der Waals surface area contributed by atoms with Crippen LogP contribution in [0.5, 0.6) is 0 Å². The number of nitrogens with zero attached hydrogens (tertiary/aromatic N) is 2. The third-order valence-corrected chi connectivity index (χ3v) is 4.94. The predicted molar refractivity (Wildman–Crippen MR) is 111 cm³/mol. The monoisotopic (exact) mass is 394 g/mol. The molecule has 3 aromatic rings. The molecule has 0 aliphatic rings. The first-order chi connectivity index (χ1) is 13.3. The van der Waals surface area contributed by atoms with Gasteiger partial charge < -0.3 is 9.87 Å². The van der Waals surface area contributed by atoms with Gasteiger partial charge in [0.15, 0.2) is 0 Å². The van der Waals surface area contributed by atoms with Crippen molar-refractivity contribution in [1.82, 2.24) is 4.98 Å². The topological polar surface area (TPSA) is 85.4 Å². The summed E-state index contributed by atoms with van der Waals surface area (Å²) in [5.41, 5.74) is 5.13. The number of hydrogen-bond donors (Lipinski definition) is 1. The predicted octanol–water partition coefficient (Wildman–Crippen LogP) is 4.26. The number of amides is 1. The van der Waals surface area contributed by atoms with E-state index in [-0.39, 0.29) is 5.91 Å². The van der Waals surface area contributed by atoms with Crippen molar-refractivity contribution in [3.05, 3.63) is 72.1 Å². The van der Waals surface area contributed by atoms with Crippen LogP contribution in [0.15, 0.2) is 60.9 Å². The summed E-state index contributed by atoms with van der Waals surface area (Å²) < 4.78 is 25.3. The number of nitrogens with one attached hydrogen (secondary N) is 1. The summed E-state index contributed by atoms with van der Waals surface area (Å²) in [6.45, 7) is 5.24. The van der Waals surface area contributed by atoms with E-state index in [9.17, 15) is 13.6 Å². The molecule has 144 valence electrons. The van der Waals surface area contributed by atoms with E-state index in [4.69, 9.17) is 0 Å². The Bertz CT molecular complexity index is 1040. The Kier molecular flexibility index (Phi) is 5.87. The first-order valence-corrected chi connectivity index (χ1v) is 9.68. The highest BCUT2D eigenvalue weighted by molar-refractivity contribution is 7.81. The molecule has 1 atom stereocenters. The Balaban J connectivity index is 2.06. The van der Waals surface area contributed by atoms with E-state index in [2.05, 4.69) is 10.3 Å². The number of hydrogen-bond acceptors (Lipinski definition) is 4. The SMILES string of the molecule is CC(=O)Nc1cncc(-c2ccc(C)c(N(c3ccc(C)cc3)S(=O)[O-])c2)c1. The minimum absolute atomic E-state index is 0.184. The van der Waals surface area contributed by atoms with Gasteiger partial charge in [-0.3, -0.25) is 18.3 Å². The number of aryl methyl sites for hydroxylation is 2. The van der Waals surface area contributed by atoms with E-state index < -0.39 is 11.3 Å². The van der Waals surface area contributed by atoms with Crippen molar-refractivity contribution in [3.8, 4) is 11.1 Å². The van der Waals surface area contributed by atoms with E-state index in [1.54, 1.807) is 36.7 Å². The molecule has 1 aromatic heterocycles. The van der Waals surface area contributed by atoms with Crippen molar-refractivity contribution in [3.63, 3.8) is 0 Å². The van der Waals surface area contributed by atoms with Gasteiger partial charge in [0.05, 0.1) is 34.5 Å². The van der Waals surface area contributed by atoms with Crippen LogP contribution in [0, 0.1) is 13.8 Å². The molecular formula is C21H20N3O3S-. The molecule has 1 unspecified atom stereocenters.